The molecule has 0 fully saturated rings. The van der Waals surface area contributed by atoms with Crippen LogP contribution in [0.3, 0.4) is 0 Å². The maximum Gasteiger partial charge on any atom is 0.416 e. The van der Waals surface area contributed by atoms with Crippen LogP contribution >= 0.6 is 0 Å². The van der Waals surface area contributed by atoms with E-state index in [1.54, 1.807) is 0 Å². The summed E-state index contributed by atoms with van der Waals surface area (Å²) in [5.41, 5.74) is -0.819. The van der Waals surface area contributed by atoms with Gasteiger partial charge in [0.1, 0.15) is 23.0 Å². The maximum absolute atomic E-state index is 13.3. The molecule has 10 heteroatoms. The van der Waals surface area contributed by atoms with Crippen molar-refractivity contribution in [2.45, 2.75) is 13.1 Å². The number of aryl methyl sites for hydroxylation is 1. The Morgan fingerprint density at radius 3 is 2.55 bits per heavy atom. The van der Waals surface area contributed by atoms with Crippen LogP contribution in [0.4, 0.5) is 23.2 Å². The molecule has 0 atom stereocenters. The van der Waals surface area contributed by atoms with E-state index in [0.717, 1.165) is 36.7 Å². The van der Waals surface area contributed by atoms with Crippen LogP contribution in [0, 0.1) is 17.9 Å². The number of carbonyl (C=O) groups is 1. The molecule has 29 heavy (non-hydrogen) atoms. The van der Waals surface area contributed by atoms with Crippen molar-refractivity contribution in [3.63, 3.8) is 0 Å². The molecule has 0 aliphatic heterocycles. The number of nitrogens with one attached hydrogen (secondary N) is 1. The Bertz CT molecular complexity index is 1070. The second-order valence-electron chi connectivity index (χ2n) is 5.99. The van der Waals surface area contributed by atoms with E-state index in [4.69, 9.17) is 4.74 Å². The summed E-state index contributed by atoms with van der Waals surface area (Å²) in [6, 6.07) is 7.18. The number of anilines is 1. The second-order valence-corrected chi connectivity index (χ2v) is 5.99. The van der Waals surface area contributed by atoms with Crippen LogP contribution in [0.15, 0.2) is 54.9 Å². The summed E-state index contributed by atoms with van der Waals surface area (Å²) in [4.78, 5) is 12.8. The number of hydrogen-bond acceptors (Lipinski definition) is 4. The van der Waals surface area contributed by atoms with Gasteiger partial charge in [-0.2, -0.15) is 13.2 Å². The minimum Gasteiger partial charge on any atom is -0.594 e. The molecule has 1 N–H and O–H groups in total. The van der Waals surface area contributed by atoms with E-state index in [0.29, 0.717) is 11.6 Å². The van der Waals surface area contributed by atoms with E-state index in [1.807, 2.05) is 0 Å². The molecule has 0 unspecified atom stereocenters. The predicted molar refractivity (Wildman–Crippen MR) is 93.8 cm³/mol. The van der Waals surface area contributed by atoms with Crippen LogP contribution < -0.4 is 14.9 Å². The Morgan fingerprint density at radius 2 is 1.90 bits per heavy atom. The zero-order chi connectivity index (χ0) is 21.2. The Morgan fingerprint density at radius 1 is 1.14 bits per heavy atom. The third-order valence-corrected chi connectivity index (χ3v) is 3.85. The van der Waals surface area contributed by atoms with Crippen molar-refractivity contribution in [3.05, 3.63) is 82.6 Å². The third-order valence-electron chi connectivity index (χ3n) is 3.85. The summed E-state index contributed by atoms with van der Waals surface area (Å²) >= 11 is 0. The number of aromatic nitrogens is 2. The highest BCUT2D eigenvalue weighted by Crippen LogP contribution is 2.36. The molecule has 6 nitrogen and oxygen atoms in total. The Hall–Kier alpha value is -3.69. The molecule has 3 aromatic rings. The van der Waals surface area contributed by atoms with Crippen LogP contribution in [0.5, 0.6) is 11.5 Å². The third kappa shape index (κ3) is 4.78. The molecule has 0 aliphatic rings. The molecular weight excluding hydrogens is 394 g/mol. The van der Waals surface area contributed by atoms with Crippen molar-refractivity contribution in [1.82, 2.24) is 5.10 Å². The van der Waals surface area contributed by atoms with Gasteiger partial charge in [-0.05, 0) is 55.0 Å². The van der Waals surface area contributed by atoms with Crippen LogP contribution in [0.2, 0.25) is 0 Å². The number of hydrogen-bond donors (Lipinski definition) is 1. The standard InChI is InChI=1S/C19H13F4N3O3/c1-11-8-13(20)3-5-16(11)29-17-9-12(19(21,22)23)2-4-15(17)18(27)25-14-6-7-24-26(28)10-14/h2-10H,1H3,(H,25,27). The second kappa shape index (κ2) is 7.74. The summed E-state index contributed by atoms with van der Waals surface area (Å²) in [7, 11) is 0. The molecule has 0 radical (unpaired) electrons. The maximum atomic E-state index is 13.3. The Kier molecular flexibility index (Phi) is 5.35. The first-order valence-electron chi connectivity index (χ1n) is 8.15. The fourth-order valence-electron chi connectivity index (χ4n) is 2.46. The molecule has 3 rings (SSSR count). The fourth-order valence-corrected chi connectivity index (χ4v) is 2.46. The molecule has 0 bridgehead atoms. The van der Waals surface area contributed by atoms with E-state index in [9.17, 15) is 27.6 Å². The van der Waals surface area contributed by atoms with Crippen LogP contribution in [-0.2, 0) is 6.18 Å². The number of halogens is 4. The van der Waals surface area contributed by atoms with Gasteiger partial charge in [-0.25, -0.2) is 4.39 Å². The largest absolute Gasteiger partial charge is 0.594 e. The lowest BCUT2D eigenvalue weighted by Crippen LogP contribution is -2.30. The van der Waals surface area contributed by atoms with Crippen molar-refractivity contribution in [2.75, 3.05) is 5.32 Å². The SMILES string of the molecule is Cc1cc(F)ccc1Oc1cc(C(F)(F)F)ccc1C(=O)Nc1ccn[n+]([O-])c1. The number of alkyl halides is 3. The molecule has 1 aromatic heterocycles. The van der Waals surface area contributed by atoms with Gasteiger partial charge in [0.05, 0.1) is 17.3 Å². The van der Waals surface area contributed by atoms with E-state index in [1.165, 1.54) is 19.1 Å². The van der Waals surface area contributed by atoms with Crippen LogP contribution in [-0.4, -0.2) is 11.0 Å². The summed E-state index contributed by atoms with van der Waals surface area (Å²) in [5.74, 6) is -1.64. The van der Waals surface area contributed by atoms with Gasteiger partial charge in [-0.15, -0.1) is 0 Å². The van der Waals surface area contributed by atoms with Crippen molar-refractivity contribution >= 4 is 11.6 Å². The highest BCUT2D eigenvalue weighted by atomic mass is 19.4. The van der Waals surface area contributed by atoms with Gasteiger partial charge in [-0.1, -0.05) is 4.85 Å². The smallest absolute Gasteiger partial charge is 0.416 e. The highest BCUT2D eigenvalue weighted by Gasteiger charge is 2.32. The van der Waals surface area contributed by atoms with Crippen LogP contribution in [0.1, 0.15) is 21.5 Å². The lowest BCUT2D eigenvalue weighted by molar-refractivity contribution is -0.668. The number of amides is 1. The van der Waals surface area contributed by atoms with Crippen molar-refractivity contribution < 1.29 is 31.9 Å². The minimum atomic E-state index is -4.66. The summed E-state index contributed by atoms with van der Waals surface area (Å²) in [6.07, 6.45) is -2.54. The predicted octanol–water partition coefficient (Wildman–Crippen LogP) is 4.23. The van der Waals surface area contributed by atoms with E-state index >= 15 is 0 Å². The molecule has 1 heterocycles. The van der Waals surface area contributed by atoms with E-state index in [-0.39, 0.29) is 27.6 Å². The van der Waals surface area contributed by atoms with Gasteiger partial charge >= 0.3 is 6.18 Å². The summed E-state index contributed by atoms with van der Waals surface area (Å²) in [5, 5.41) is 17.0. The first-order chi connectivity index (χ1) is 13.6. The number of benzene rings is 2. The molecule has 150 valence electrons. The van der Waals surface area contributed by atoms with Crippen LogP contribution in [0.25, 0.3) is 0 Å². The molecule has 0 saturated heterocycles. The zero-order valence-corrected chi connectivity index (χ0v) is 14.8. The van der Waals surface area contributed by atoms with Crippen molar-refractivity contribution in [2.24, 2.45) is 0 Å². The lowest BCUT2D eigenvalue weighted by Gasteiger charge is -2.15. The van der Waals surface area contributed by atoms with Crippen molar-refractivity contribution in [3.8, 4) is 11.5 Å². The van der Waals surface area contributed by atoms with Gasteiger partial charge in [0.25, 0.3) is 5.91 Å². The monoisotopic (exact) mass is 407 g/mol. The fraction of sp³-hybridized carbons (Fsp3) is 0.105. The molecule has 1 amide bonds. The number of carbonyl (C=O) groups excluding carboxylic acids is 1. The summed E-state index contributed by atoms with van der Waals surface area (Å²) in [6.45, 7) is 1.51. The molecule has 0 saturated carbocycles. The highest BCUT2D eigenvalue weighted by molar-refractivity contribution is 6.06. The summed E-state index contributed by atoms with van der Waals surface area (Å²) < 4.78 is 58.1. The van der Waals surface area contributed by atoms with E-state index in [2.05, 4.69) is 10.4 Å². The Balaban J connectivity index is 2.00. The Labute approximate surface area is 161 Å². The average molecular weight is 407 g/mol. The topological polar surface area (TPSA) is 78.2 Å². The number of nitrogens with zero attached hydrogens (tertiary/aromatic N) is 2. The van der Waals surface area contributed by atoms with E-state index < -0.39 is 23.5 Å². The van der Waals surface area contributed by atoms with Gasteiger partial charge in [0.15, 0.2) is 0 Å². The number of ether oxygens (including phenoxy) is 1. The quantitative estimate of drug-likeness (QED) is 0.399. The molecule has 0 spiro atoms. The minimum absolute atomic E-state index is 0.0843. The lowest BCUT2D eigenvalue weighted by atomic mass is 10.1. The van der Waals surface area contributed by atoms with Gasteiger partial charge in [0, 0.05) is 5.10 Å². The van der Waals surface area contributed by atoms with Gasteiger partial charge in [-0.3, -0.25) is 4.79 Å². The molecule has 0 aliphatic carbocycles. The average Bonchev–Trinajstić information content (AvgIpc) is 2.63. The van der Waals surface area contributed by atoms with Crippen molar-refractivity contribution in [1.29, 1.82) is 0 Å². The zero-order valence-electron chi connectivity index (χ0n) is 14.8. The molecular formula is C19H13F4N3O3. The van der Waals surface area contributed by atoms with Gasteiger partial charge < -0.3 is 15.3 Å². The van der Waals surface area contributed by atoms with Gasteiger partial charge in [0.2, 0.25) is 6.20 Å². The number of rotatable bonds is 4. The first-order valence-corrected chi connectivity index (χ1v) is 8.15. The molecule has 2 aromatic carbocycles. The normalized spacial score (nSPS) is 11.2. The first kappa shape index (κ1) is 20.1.